The van der Waals surface area contributed by atoms with Gasteiger partial charge in [0.2, 0.25) is 5.91 Å². The normalized spacial score (nSPS) is 18.5. The van der Waals surface area contributed by atoms with Crippen molar-refractivity contribution in [1.29, 1.82) is 0 Å². The number of hydrogen-bond acceptors (Lipinski definition) is 5. The Hall–Kier alpha value is -2.22. The molecule has 1 aromatic heterocycles. The zero-order valence-corrected chi connectivity index (χ0v) is 14.7. The van der Waals surface area contributed by atoms with Gasteiger partial charge in [0, 0.05) is 13.0 Å². The Morgan fingerprint density at radius 3 is 2.76 bits per heavy atom. The summed E-state index contributed by atoms with van der Waals surface area (Å²) in [6.45, 7) is 5.86. The highest BCUT2D eigenvalue weighted by Crippen LogP contribution is 2.18. The Morgan fingerprint density at radius 2 is 2.20 bits per heavy atom. The number of nitrogens with zero attached hydrogens (tertiary/aromatic N) is 1. The van der Waals surface area contributed by atoms with Crippen LogP contribution < -0.4 is 10.6 Å². The molecule has 0 aliphatic carbocycles. The SMILES string of the molecule is CC(C)(C)OC(=O)NC(CC1CCCO1)C(=O)Nc1ccc(F)cn1. The quantitative estimate of drug-likeness (QED) is 0.849. The van der Waals surface area contributed by atoms with E-state index in [2.05, 4.69) is 15.6 Å². The second-order valence-corrected chi connectivity index (χ2v) is 6.92. The summed E-state index contributed by atoms with van der Waals surface area (Å²) < 4.78 is 23.7. The fourth-order valence-electron chi connectivity index (χ4n) is 2.44. The Morgan fingerprint density at radius 1 is 1.44 bits per heavy atom. The first-order valence-electron chi connectivity index (χ1n) is 8.26. The van der Waals surface area contributed by atoms with Gasteiger partial charge in [-0.15, -0.1) is 0 Å². The maximum Gasteiger partial charge on any atom is 0.408 e. The zero-order valence-electron chi connectivity index (χ0n) is 14.7. The summed E-state index contributed by atoms with van der Waals surface area (Å²) in [6.07, 6.45) is 2.29. The van der Waals surface area contributed by atoms with Gasteiger partial charge in [0.1, 0.15) is 23.3 Å². The van der Waals surface area contributed by atoms with Crippen molar-refractivity contribution in [2.75, 3.05) is 11.9 Å². The monoisotopic (exact) mass is 353 g/mol. The van der Waals surface area contributed by atoms with E-state index in [0.717, 1.165) is 19.0 Å². The molecule has 0 radical (unpaired) electrons. The molecule has 25 heavy (non-hydrogen) atoms. The molecular weight excluding hydrogens is 329 g/mol. The Kier molecular flexibility index (Phi) is 6.30. The Bertz CT molecular complexity index is 595. The lowest BCUT2D eigenvalue weighted by Gasteiger charge is -2.24. The molecule has 2 atom stereocenters. The molecule has 0 saturated carbocycles. The molecule has 7 nitrogen and oxygen atoms in total. The number of alkyl carbamates (subject to hydrolysis) is 1. The van der Waals surface area contributed by atoms with Crippen molar-refractivity contribution in [3.63, 3.8) is 0 Å². The lowest BCUT2D eigenvalue weighted by molar-refractivity contribution is -0.119. The fraction of sp³-hybridized carbons (Fsp3) is 0.588. The van der Waals surface area contributed by atoms with Crippen LogP contribution in [-0.2, 0) is 14.3 Å². The highest BCUT2D eigenvalue weighted by molar-refractivity contribution is 5.95. The summed E-state index contributed by atoms with van der Waals surface area (Å²) in [5, 5.41) is 5.15. The average molecular weight is 353 g/mol. The van der Waals surface area contributed by atoms with Crippen LogP contribution in [0.2, 0.25) is 0 Å². The minimum Gasteiger partial charge on any atom is -0.444 e. The van der Waals surface area contributed by atoms with E-state index in [1.807, 2.05) is 0 Å². The number of aromatic nitrogens is 1. The van der Waals surface area contributed by atoms with Crippen LogP contribution in [0.15, 0.2) is 18.3 Å². The standard InChI is InChI=1S/C17H24FN3O4/c1-17(2,3)25-16(23)20-13(9-12-5-4-8-24-12)15(22)21-14-7-6-11(18)10-19-14/h6-7,10,12-13H,4-5,8-9H2,1-3H3,(H,20,23)(H,19,21,22). The Balaban J connectivity index is 2.02. The molecule has 0 aromatic carbocycles. The number of nitrogens with one attached hydrogen (secondary N) is 2. The van der Waals surface area contributed by atoms with Gasteiger partial charge in [-0.2, -0.15) is 0 Å². The topological polar surface area (TPSA) is 89.5 Å². The van der Waals surface area contributed by atoms with Gasteiger partial charge in [-0.1, -0.05) is 0 Å². The number of rotatable bonds is 5. The number of amides is 2. The number of ether oxygens (including phenoxy) is 2. The maximum atomic E-state index is 12.9. The minimum absolute atomic E-state index is 0.105. The molecule has 2 unspecified atom stereocenters. The Labute approximate surface area is 146 Å². The highest BCUT2D eigenvalue weighted by atomic mass is 19.1. The van der Waals surface area contributed by atoms with E-state index in [4.69, 9.17) is 9.47 Å². The van der Waals surface area contributed by atoms with Crippen molar-refractivity contribution in [1.82, 2.24) is 10.3 Å². The van der Waals surface area contributed by atoms with Crippen LogP contribution in [0.3, 0.4) is 0 Å². The van der Waals surface area contributed by atoms with Crippen LogP contribution >= 0.6 is 0 Å². The third-order valence-corrected chi connectivity index (χ3v) is 3.51. The third kappa shape index (κ3) is 6.66. The lowest BCUT2D eigenvalue weighted by atomic mass is 10.1. The van der Waals surface area contributed by atoms with Crippen molar-refractivity contribution in [2.45, 2.75) is 57.8 Å². The summed E-state index contributed by atoms with van der Waals surface area (Å²) in [4.78, 5) is 28.3. The minimum atomic E-state index is -0.843. The summed E-state index contributed by atoms with van der Waals surface area (Å²) in [6, 6.07) is 1.70. The van der Waals surface area contributed by atoms with Crippen molar-refractivity contribution in [3.05, 3.63) is 24.1 Å². The van der Waals surface area contributed by atoms with Gasteiger partial charge in [-0.25, -0.2) is 14.2 Å². The molecule has 1 aromatic rings. The molecule has 2 rings (SSSR count). The second-order valence-electron chi connectivity index (χ2n) is 6.92. The van der Waals surface area contributed by atoms with Crippen molar-refractivity contribution >= 4 is 17.8 Å². The summed E-state index contributed by atoms with van der Waals surface area (Å²) in [7, 11) is 0. The van der Waals surface area contributed by atoms with E-state index in [1.165, 1.54) is 12.1 Å². The molecule has 2 heterocycles. The molecule has 138 valence electrons. The predicted molar refractivity (Wildman–Crippen MR) is 89.6 cm³/mol. The summed E-state index contributed by atoms with van der Waals surface area (Å²) >= 11 is 0. The van der Waals surface area contributed by atoms with Gasteiger partial charge in [0.25, 0.3) is 0 Å². The molecule has 2 N–H and O–H groups in total. The van der Waals surface area contributed by atoms with Gasteiger partial charge in [0.15, 0.2) is 0 Å². The fourth-order valence-corrected chi connectivity index (χ4v) is 2.44. The molecule has 8 heteroatoms. The van der Waals surface area contributed by atoms with Gasteiger partial charge in [-0.05, 0) is 45.7 Å². The number of pyridine rings is 1. The molecule has 2 amide bonds. The smallest absolute Gasteiger partial charge is 0.408 e. The highest BCUT2D eigenvalue weighted by Gasteiger charge is 2.29. The molecular formula is C17H24FN3O4. The van der Waals surface area contributed by atoms with Crippen LogP contribution in [0.1, 0.15) is 40.0 Å². The van der Waals surface area contributed by atoms with E-state index in [-0.39, 0.29) is 11.9 Å². The van der Waals surface area contributed by atoms with E-state index < -0.39 is 29.5 Å². The molecule has 0 spiro atoms. The van der Waals surface area contributed by atoms with Gasteiger partial charge in [0.05, 0.1) is 12.3 Å². The predicted octanol–water partition coefficient (Wildman–Crippen LogP) is 2.62. The summed E-state index contributed by atoms with van der Waals surface area (Å²) in [5.74, 6) is -0.754. The maximum absolute atomic E-state index is 12.9. The third-order valence-electron chi connectivity index (χ3n) is 3.51. The van der Waals surface area contributed by atoms with Crippen LogP contribution in [0.4, 0.5) is 15.0 Å². The lowest BCUT2D eigenvalue weighted by Crippen LogP contribution is -2.47. The van der Waals surface area contributed by atoms with Crippen LogP contribution in [0, 0.1) is 5.82 Å². The average Bonchev–Trinajstić information content (AvgIpc) is 3.00. The van der Waals surface area contributed by atoms with E-state index in [9.17, 15) is 14.0 Å². The van der Waals surface area contributed by atoms with E-state index >= 15 is 0 Å². The van der Waals surface area contributed by atoms with E-state index in [1.54, 1.807) is 20.8 Å². The first kappa shape index (κ1) is 19.1. The number of hydrogen-bond donors (Lipinski definition) is 2. The number of carbonyl (C=O) groups is 2. The van der Waals surface area contributed by atoms with Crippen LogP contribution in [0.25, 0.3) is 0 Å². The van der Waals surface area contributed by atoms with Crippen molar-refractivity contribution < 1.29 is 23.5 Å². The molecule has 1 aliphatic heterocycles. The zero-order chi connectivity index (χ0) is 18.4. The van der Waals surface area contributed by atoms with Crippen LogP contribution in [0.5, 0.6) is 0 Å². The first-order chi connectivity index (χ1) is 11.7. The van der Waals surface area contributed by atoms with E-state index in [0.29, 0.717) is 13.0 Å². The first-order valence-corrected chi connectivity index (χ1v) is 8.26. The largest absolute Gasteiger partial charge is 0.444 e. The van der Waals surface area contributed by atoms with Crippen LogP contribution in [-0.4, -0.2) is 41.3 Å². The van der Waals surface area contributed by atoms with Gasteiger partial charge >= 0.3 is 6.09 Å². The second kappa shape index (κ2) is 8.24. The number of anilines is 1. The molecule has 1 saturated heterocycles. The number of halogens is 1. The number of carbonyl (C=O) groups excluding carboxylic acids is 2. The van der Waals surface area contributed by atoms with Crippen molar-refractivity contribution in [3.8, 4) is 0 Å². The molecule has 1 aliphatic rings. The summed E-state index contributed by atoms with van der Waals surface area (Å²) in [5.41, 5.74) is -0.673. The van der Waals surface area contributed by atoms with Gasteiger partial charge in [-0.3, -0.25) is 4.79 Å². The van der Waals surface area contributed by atoms with Gasteiger partial charge < -0.3 is 20.1 Å². The molecule has 1 fully saturated rings. The molecule has 0 bridgehead atoms. The van der Waals surface area contributed by atoms with Crippen molar-refractivity contribution in [2.24, 2.45) is 0 Å².